The summed E-state index contributed by atoms with van der Waals surface area (Å²) < 4.78 is 83.9. The van der Waals surface area contributed by atoms with E-state index in [0.29, 0.717) is 50.1 Å². The zero-order valence-corrected chi connectivity index (χ0v) is 30.2. The third kappa shape index (κ3) is 5.48. The summed E-state index contributed by atoms with van der Waals surface area (Å²) in [5.74, 6) is -8.87. The molecule has 6 atom stereocenters. The van der Waals surface area contributed by atoms with Gasteiger partial charge in [0.1, 0.15) is 5.75 Å². The van der Waals surface area contributed by atoms with E-state index in [1.807, 2.05) is 6.07 Å². The topological polar surface area (TPSA) is 91.8 Å². The van der Waals surface area contributed by atoms with Gasteiger partial charge in [0.15, 0.2) is 11.6 Å². The lowest BCUT2D eigenvalue weighted by atomic mass is 9.44. The normalized spacial score (nSPS) is 25.9. The van der Waals surface area contributed by atoms with Crippen molar-refractivity contribution in [2.75, 3.05) is 4.90 Å². The number of amides is 2. The van der Waals surface area contributed by atoms with E-state index in [2.05, 4.69) is 0 Å². The van der Waals surface area contributed by atoms with Gasteiger partial charge in [0.25, 0.3) is 0 Å². The molecule has 0 bridgehead atoms. The van der Waals surface area contributed by atoms with E-state index < -0.39 is 87.6 Å². The molecule has 1 aliphatic heterocycles. The van der Waals surface area contributed by atoms with E-state index in [1.165, 1.54) is 12.1 Å². The Balaban J connectivity index is 1.28. The van der Waals surface area contributed by atoms with Crippen LogP contribution in [0.15, 0.2) is 133 Å². The quantitative estimate of drug-likeness (QED) is 0.111. The highest BCUT2D eigenvalue weighted by molar-refractivity contribution is 6.32. The molecule has 12 heteroatoms. The summed E-state index contributed by atoms with van der Waals surface area (Å²) >= 11 is 0. The number of alkyl halides is 6. The van der Waals surface area contributed by atoms with Gasteiger partial charge in [-0.2, -0.15) is 26.3 Å². The molecule has 0 aromatic heterocycles. The number of benzene rings is 5. The summed E-state index contributed by atoms with van der Waals surface area (Å²) in [5, 5.41) is 13.1. The Kier molecular flexibility index (Phi) is 8.43. The molecule has 6 unspecified atom stereocenters. The number of imide groups is 1. The van der Waals surface area contributed by atoms with E-state index in [4.69, 9.17) is 0 Å². The fourth-order valence-corrected chi connectivity index (χ4v) is 10.1. The highest BCUT2D eigenvalue weighted by atomic mass is 19.4. The van der Waals surface area contributed by atoms with Crippen LogP contribution in [0.3, 0.4) is 0 Å². The van der Waals surface area contributed by atoms with Crippen molar-refractivity contribution in [3.05, 3.63) is 161 Å². The molecular weight excluding hydrogens is 760 g/mol. The van der Waals surface area contributed by atoms with Crippen LogP contribution in [0.25, 0.3) is 16.3 Å². The number of carbonyl (C=O) groups is 4. The summed E-state index contributed by atoms with van der Waals surface area (Å²) in [6.45, 7) is 0. The Morgan fingerprint density at radius 3 is 1.97 bits per heavy atom. The summed E-state index contributed by atoms with van der Waals surface area (Å²) in [4.78, 5) is 59.8. The highest BCUT2D eigenvalue weighted by Crippen LogP contribution is 2.65. The van der Waals surface area contributed by atoms with Crippen LogP contribution in [0.4, 0.5) is 32.0 Å². The van der Waals surface area contributed by atoms with E-state index in [1.54, 1.807) is 91.0 Å². The SMILES string of the molecule is O=C1C(c2ccccc2)=CC(=O)C2(c3ccccc3)C1CC1C(=CCC3C(=O)N(c4cc(C(F)(F)F)cc(C(F)(F)F)c4)C(=O)C31)C2c1c(O)ccc2ccccc12. The molecule has 2 fully saturated rings. The van der Waals surface area contributed by atoms with Gasteiger partial charge in [-0.05, 0) is 71.0 Å². The van der Waals surface area contributed by atoms with Gasteiger partial charge in [-0.3, -0.25) is 19.2 Å². The number of carbonyl (C=O) groups excluding carboxylic acids is 4. The van der Waals surface area contributed by atoms with Gasteiger partial charge in [-0.1, -0.05) is 103 Å². The number of ketones is 2. The summed E-state index contributed by atoms with van der Waals surface area (Å²) in [5.41, 5.74) is -4.09. The van der Waals surface area contributed by atoms with Crippen molar-refractivity contribution < 1.29 is 50.6 Å². The second-order valence-corrected chi connectivity index (χ2v) is 15.3. The predicted molar refractivity (Wildman–Crippen MR) is 201 cm³/mol. The molecule has 1 heterocycles. The van der Waals surface area contributed by atoms with E-state index in [9.17, 15) is 41.0 Å². The second-order valence-electron chi connectivity index (χ2n) is 15.3. The molecule has 1 saturated heterocycles. The van der Waals surface area contributed by atoms with Crippen LogP contribution >= 0.6 is 0 Å². The number of fused-ring (bicyclic) bond motifs is 5. The van der Waals surface area contributed by atoms with E-state index in [-0.39, 0.29) is 30.2 Å². The zero-order valence-electron chi connectivity index (χ0n) is 30.2. The molecule has 292 valence electrons. The smallest absolute Gasteiger partial charge is 0.416 e. The summed E-state index contributed by atoms with van der Waals surface area (Å²) in [6.07, 6.45) is -7.75. The largest absolute Gasteiger partial charge is 0.508 e. The van der Waals surface area contributed by atoms with Crippen LogP contribution in [-0.4, -0.2) is 28.5 Å². The third-order valence-corrected chi connectivity index (χ3v) is 12.4. The number of nitrogens with zero attached hydrogens (tertiary/aromatic N) is 1. The standard InChI is InChI=1S/C46H31F6NO5/c47-45(48,49)27-19-28(46(50,51)52)21-29(20-27)53-42(57)32-17-16-31-34(38(32)43(53)58)22-35-41(56)33(24-9-3-1-4-10-24)23-37(55)44(35,26-12-5-2-6-13-26)40(31)39-30-14-8-7-11-25(30)15-18-36(39)54/h1-16,18-21,23,32,34-35,38,40,54H,17,22H2. The molecule has 1 N–H and O–H groups in total. The number of hydrogen-bond donors (Lipinski definition) is 1. The number of anilines is 1. The number of Topliss-reactive ketones (excluding diaryl/α,β-unsaturated/α-hetero) is 1. The highest BCUT2D eigenvalue weighted by Gasteiger charge is 2.66. The average molecular weight is 792 g/mol. The average Bonchev–Trinajstić information content (AvgIpc) is 3.47. The molecule has 9 rings (SSSR count). The predicted octanol–water partition coefficient (Wildman–Crippen LogP) is 9.61. The number of hydrogen-bond acceptors (Lipinski definition) is 5. The first-order valence-electron chi connectivity index (χ1n) is 18.6. The summed E-state index contributed by atoms with van der Waals surface area (Å²) in [6, 6.07) is 28.2. The Morgan fingerprint density at radius 1 is 0.690 bits per heavy atom. The minimum atomic E-state index is -5.24. The van der Waals surface area contributed by atoms with Crippen molar-refractivity contribution in [1.82, 2.24) is 0 Å². The lowest BCUT2D eigenvalue weighted by Gasteiger charge is -2.55. The van der Waals surface area contributed by atoms with Crippen molar-refractivity contribution in [1.29, 1.82) is 0 Å². The minimum absolute atomic E-state index is 0.0731. The Bertz CT molecular complexity index is 2600. The van der Waals surface area contributed by atoms with Crippen LogP contribution in [0, 0.1) is 23.7 Å². The molecule has 6 nitrogen and oxygen atoms in total. The molecule has 0 radical (unpaired) electrons. The van der Waals surface area contributed by atoms with Gasteiger partial charge in [0.2, 0.25) is 11.8 Å². The fraction of sp³-hybridized carbons (Fsp3) is 0.217. The van der Waals surface area contributed by atoms with Crippen LogP contribution in [0.2, 0.25) is 0 Å². The fourth-order valence-electron chi connectivity index (χ4n) is 10.1. The van der Waals surface area contributed by atoms with E-state index in [0.717, 1.165) is 0 Å². The number of aromatic hydroxyl groups is 1. The second kappa shape index (κ2) is 13.1. The van der Waals surface area contributed by atoms with Gasteiger partial charge >= 0.3 is 12.4 Å². The molecule has 2 amide bonds. The van der Waals surface area contributed by atoms with Gasteiger partial charge in [0, 0.05) is 23.0 Å². The van der Waals surface area contributed by atoms with Gasteiger partial charge < -0.3 is 5.11 Å². The zero-order chi connectivity index (χ0) is 40.9. The molecule has 5 aromatic carbocycles. The van der Waals surface area contributed by atoms with Crippen LogP contribution in [-0.2, 0) is 36.9 Å². The van der Waals surface area contributed by atoms with E-state index >= 15 is 9.59 Å². The van der Waals surface area contributed by atoms with Crippen LogP contribution < -0.4 is 4.90 Å². The number of allylic oxidation sites excluding steroid dienone is 4. The maximum atomic E-state index is 15.3. The third-order valence-electron chi connectivity index (χ3n) is 12.4. The van der Waals surface area contributed by atoms with Gasteiger partial charge in [0.05, 0.1) is 34.1 Å². The van der Waals surface area contributed by atoms with Crippen molar-refractivity contribution in [3.63, 3.8) is 0 Å². The molecule has 58 heavy (non-hydrogen) atoms. The first kappa shape index (κ1) is 37.3. The van der Waals surface area contributed by atoms with Crippen LogP contribution in [0.1, 0.15) is 46.6 Å². The van der Waals surface area contributed by atoms with Crippen molar-refractivity contribution in [3.8, 4) is 5.75 Å². The minimum Gasteiger partial charge on any atom is -0.508 e. The monoisotopic (exact) mass is 791 g/mol. The number of halogens is 6. The van der Waals surface area contributed by atoms with Crippen molar-refractivity contribution >= 4 is 45.4 Å². The molecule has 1 saturated carbocycles. The number of phenols is 1. The first-order chi connectivity index (χ1) is 27.6. The molecule has 0 spiro atoms. The Morgan fingerprint density at radius 2 is 1.31 bits per heavy atom. The van der Waals surface area contributed by atoms with Gasteiger partial charge in [-0.25, -0.2) is 4.90 Å². The Hall–Kier alpha value is -6.30. The molecule has 4 aliphatic rings. The Labute approximate surface area is 327 Å². The molecule has 3 aliphatic carbocycles. The molecule has 5 aromatic rings. The molecular formula is C46H31F6NO5. The van der Waals surface area contributed by atoms with Crippen LogP contribution in [0.5, 0.6) is 5.75 Å². The lowest BCUT2D eigenvalue weighted by molar-refractivity contribution is -0.143. The number of phenolic OH excluding ortho intramolecular Hbond substituents is 1. The number of rotatable bonds is 4. The maximum absolute atomic E-state index is 15.3. The first-order valence-corrected chi connectivity index (χ1v) is 18.6. The van der Waals surface area contributed by atoms with Crippen molar-refractivity contribution in [2.45, 2.75) is 36.5 Å². The lowest BCUT2D eigenvalue weighted by Crippen LogP contribution is -2.58. The van der Waals surface area contributed by atoms with Gasteiger partial charge in [-0.15, -0.1) is 0 Å². The van der Waals surface area contributed by atoms with Crippen molar-refractivity contribution in [2.24, 2.45) is 23.7 Å². The maximum Gasteiger partial charge on any atom is 0.416 e. The summed E-state index contributed by atoms with van der Waals surface area (Å²) in [7, 11) is 0.